The first kappa shape index (κ1) is 16.2. The summed E-state index contributed by atoms with van der Waals surface area (Å²) in [5.74, 6) is 1.51. The highest BCUT2D eigenvalue weighted by Gasteiger charge is 2.27. The van der Waals surface area contributed by atoms with Gasteiger partial charge in [0.1, 0.15) is 0 Å². The molecule has 0 spiro atoms. The molecule has 20 heavy (non-hydrogen) atoms. The van der Waals surface area contributed by atoms with Crippen LogP contribution in [0.15, 0.2) is 0 Å². The van der Waals surface area contributed by atoms with Crippen molar-refractivity contribution in [2.24, 2.45) is 11.8 Å². The lowest BCUT2D eigenvalue weighted by atomic mass is 9.96. The Morgan fingerprint density at radius 2 is 1.90 bits per heavy atom. The van der Waals surface area contributed by atoms with Crippen LogP contribution in [0.25, 0.3) is 0 Å². The first-order valence-electron chi connectivity index (χ1n) is 8.37. The molecule has 0 aliphatic carbocycles. The molecule has 118 valence electrons. The molecule has 2 saturated heterocycles. The van der Waals surface area contributed by atoms with E-state index < -0.39 is 0 Å². The second kappa shape index (κ2) is 8.98. The summed E-state index contributed by atoms with van der Waals surface area (Å²) in [6, 6.07) is 0.585. The van der Waals surface area contributed by atoms with E-state index in [0.29, 0.717) is 12.0 Å². The molecule has 2 heterocycles. The van der Waals surface area contributed by atoms with E-state index in [1.807, 2.05) is 0 Å². The van der Waals surface area contributed by atoms with Gasteiger partial charge in [-0.3, -0.25) is 0 Å². The Hall–Kier alpha value is -0.160. The minimum atomic E-state index is 0.585. The fourth-order valence-corrected chi connectivity index (χ4v) is 3.36. The summed E-state index contributed by atoms with van der Waals surface area (Å²) in [5, 5.41) is 3.73. The third-order valence-electron chi connectivity index (χ3n) is 4.61. The van der Waals surface area contributed by atoms with Crippen LogP contribution in [0.2, 0.25) is 0 Å². The van der Waals surface area contributed by atoms with Gasteiger partial charge in [0, 0.05) is 44.9 Å². The van der Waals surface area contributed by atoms with Gasteiger partial charge in [-0.15, -0.1) is 0 Å². The van der Waals surface area contributed by atoms with Crippen molar-refractivity contribution < 1.29 is 9.47 Å². The third kappa shape index (κ3) is 5.32. The van der Waals surface area contributed by atoms with Crippen LogP contribution in [-0.4, -0.2) is 64.1 Å². The Labute approximate surface area is 124 Å². The molecule has 1 N–H and O–H groups in total. The van der Waals surface area contributed by atoms with Crippen LogP contribution in [0.4, 0.5) is 0 Å². The molecule has 0 aromatic heterocycles. The molecule has 0 aromatic rings. The standard InChI is InChI=1S/C16H32N2O2/c1-3-7-17-16(15-6-10-20-13-15)12-18(2)11-14-4-8-19-9-5-14/h14-17H,3-13H2,1-2H3. The Bertz CT molecular complexity index is 251. The Kier molecular flexibility index (Phi) is 7.28. The summed E-state index contributed by atoms with van der Waals surface area (Å²) >= 11 is 0. The van der Waals surface area contributed by atoms with E-state index in [2.05, 4.69) is 24.2 Å². The monoisotopic (exact) mass is 284 g/mol. The van der Waals surface area contributed by atoms with Crippen LogP contribution in [0.1, 0.15) is 32.6 Å². The summed E-state index contributed by atoms with van der Waals surface area (Å²) in [6.45, 7) is 9.49. The highest BCUT2D eigenvalue weighted by Crippen LogP contribution is 2.19. The Morgan fingerprint density at radius 1 is 1.15 bits per heavy atom. The van der Waals surface area contributed by atoms with E-state index in [1.54, 1.807) is 0 Å². The molecule has 0 saturated carbocycles. The summed E-state index contributed by atoms with van der Waals surface area (Å²) in [5.41, 5.74) is 0. The van der Waals surface area contributed by atoms with Gasteiger partial charge in [-0.2, -0.15) is 0 Å². The average Bonchev–Trinajstić information content (AvgIpc) is 2.98. The van der Waals surface area contributed by atoms with Gasteiger partial charge < -0.3 is 19.7 Å². The normalized spacial score (nSPS) is 26.2. The number of hydrogen-bond donors (Lipinski definition) is 1. The minimum absolute atomic E-state index is 0.585. The highest BCUT2D eigenvalue weighted by atomic mass is 16.5. The maximum absolute atomic E-state index is 5.57. The van der Waals surface area contributed by atoms with Crippen LogP contribution >= 0.6 is 0 Å². The SMILES string of the molecule is CCCNC(CN(C)CC1CCOCC1)C1CCOC1. The maximum atomic E-state index is 5.57. The van der Waals surface area contributed by atoms with Crippen LogP contribution in [0.3, 0.4) is 0 Å². The van der Waals surface area contributed by atoms with Crippen LogP contribution in [0.5, 0.6) is 0 Å². The Morgan fingerprint density at radius 3 is 2.55 bits per heavy atom. The quantitative estimate of drug-likeness (QED) is 0.736. The molecule has 0 radical (unpaired) electrons. The van der Waals surface area contributed by atoms with Crippen molar-refractivity contribution in [3.05, 3.63) is 0 Å². The molecule has 4 heteroatoms. The molecule has 2 aliphatic heterocycles. The number of ether oxygens (including phenoxy) is 2. The number of nitrogens with zero attached hydrogens (tertiary/aromatic N) is 1. The van der Waals surface area contributed by atoms with Crippen molar-refractivity contribution in [3.8, 4) is 0 Å². The number of hydrogen-bond acceptors (Lipinski definition) is 4. The second-order valence-corrected chi connectivity index (χ2v) is 6.46. The predicted molar refractivity (Wildman–Crippen MR) is 82.0 cm³/mol. The smallest absolute Gasteiger partial charge is 0.0510 e. The van der Waals surface area contributed by atoms with Gasteiger partial charge in [-0.05, 0) is 45.2 Å². The summed E-state index contributed by atoms with van der Waals surface area (Å²) in [4.78, 5) is 2.52. The van der Waals surface area contributed by atoms with Gasteiger partial charge in [-0.1, -0.05) is 6.92 Å². The lowest BCUT2D eigenvalue weighted by Gasteiger charge is -2.32. The zero-order valence-corrected chi connectivity index (χ0v) is 13.3. The predicted octanol–water partition coefficient (Wildman–Crippen LogP) is 1.75. The maximum Gasteiger partial charge on any atom is 0.0510 e. The van der Waals surface area contributed by atoms with Crippen LogP contribution < -0.4 is 5.32 Å². The molecular formula is C16H32N2O2. The highest BCUT2D eigenvalue weighted by molar-refractivity contribution is 4.82. The largest absolute Gasteiger partial charge is 0.381 e. The lowest BCUT2D eigenvalue weighted by molar-refractivity contribution is 0.0535. The molecule has 2 rings (SSSR count). The number of likely N-dealkylation sites (N-methyl/N-ethyl adjacent to an activating group) is 1. The van der Waals surface area contributed by atoms with E-state index in [9.17, 15) is 0 Å². The molecule has 2 atom stereocenters. The molecule has 0 bridgehead atoms. The lowest BCUT2D eigenvalue weighted by Crippen LogP contribution is -2.46. The number of rotatable bonds is 8. The van der Waals surface area contributed by atoms with Crippen molar-refractivity contribution >= 4 is 0 Å². The average molecular weight is 284 g/mol. The fraction of sp³-hybridized carbons (Fsp3) is 1.00. The van der Waals surface area contributed by atoms with Gasteiger partial charge in [0.25, 0.3) is 0 Å². The fourth-order valence-electron chi connectivity index (χ4n) is 3.36. The molecule has 0 amide bonds. The molecule has 0 aromatic carbocycles. The summed E-state index contributed by atoms with van der Waals surface area (Å²) in [7, 11) is 2.27. The van der Waals surface area contributed by atoms with Crippen LogP contribution in [0, 0.1) is 11.8 Å². The van der Waals surface area contributed by atoms with Gasteiger partial charge in [-0.25, -0.2) is 0 Å². The van der Waals surface area contributed by atoms with Gasteiger partial charge >= 0.3 is 0 Å². The van der Waals surface area contributed by atoms with Crippen LogP contribution in [-0.2, 0) is 9.47 Å². The van der Waals surface area contributed by atoms with Gasteiger partial charge in [0.05, 0.1) is 6.61 Å². The molecule has 4 nitrogen and oxygen atoms in total. The van der Waals surface area contributed by atoms with Crippen molar-refractivity contribution in [1.82, 2.24) is 10.2 Å². The topological polar surface area (TPSA) is 33.7 Å². The van der Waals surface area contributed by atoms with E-state index >= 15 is 0 Å². The Balaban J connectivity index is 1.75. The third-order valence-corrected chi connectivity index (χ3v) is 4.61. The second-order valence-electron chi connectivity index (χ2n) is 6.46. The molecular weight excluding hydrogens is 252 g/mol. The van der Waals surface area contributed by atoms with E-state index in [4.69, 9.17) is 9.47 Å². The molecule has 2 unspecified atom stereocenters. The van der Waals surface area contributed by atoms with Crippen molar-refractivity contribution in [1.29, 1.82) is 0 Å². The minimum Gasteiger partial charge on any atom is -0.381 e. The zero-order valence-electron chi connectivity index (χ0n) is 13.3. The summed E-state index contributed by atoms with van der Waals surface area (Å²) in [6.07, 6.45) is 4.87. The van der Waals surface area contributed by atoms with E-state index in [1.165, 1.54) is 32.2 Å². The molecule has 2 fully saturated rings. The zero-order chi connectivity index (χ0) is 14.2. The van der Waals surface area contributed by atoms with Crippen molar-refractivity contribution in [2.75, 3.05) is 53.1 Å². The van der Waals surface area contributed by atoms with E-state index in [0.717, 1.165) is 45.4 Å². The summed E-state index contributed by atoms with van der Waals surface area (Å²) < 4.78 is 11.0. The van der Waals surface area contributed by atoms with Gasteiger partial charge in [0.15, 0.2) is 0 Å². The van der Waals surface area contributed by atoms with Gasteiger partial charge in [0.2, 0.25) is 0 Å². The first-order valence-corrected chi connectivity index (χ1v) is 8.37. The first-order chi connectivity index (χ1) is 9.79. The van der Waals surface area contributed by atoms with Crippen molar-refractivity contribution in [3.63, 3.8) is 0 Å². The number of nitrogens with one attached hydrogen (secondary N) is 1. The van der Waals surface area contributed by atoms with E-state index in [-0.39, 0.29) is 0 Å². The van der Waals surface area contributed by atoms with Crippen molar-refractivity contribution in [2.45, 2.75) is 38.6 Å². The molecule has 2 aliphatic rings.